The molecule has 0 bridgehead atoms. The number of carbonyl (C=O) groups excluding carboxylic acids is 1. The number of rotatable bonds is 5. The summed E-state index contributed by atoms with van der Waals surface area (Å²) >= 11 is 0. The number of aromatic nitrogens is 6. The summed E-state index contributed by atoms with van der Waals surface area (Å²) in [4.78, 5) is 41.2. The molecule has 0 aromatic carbocycles. The summed E-state index contributed by atoms with van der Waals surface area (Å²) in [5.74, 6) is -0.305. The third kappa shape index (κ3) is 2.63. The third-order valence-corrected chi connectivity index (χ3v) is 4.17. The first-order chi connectivity index (χ1) is 12.3. The van der Waals surface area contributed by atoms with Gasteiger partial charge < -0.3 is 10.3 Å². The minimum atomic E-state index is -0.760. The molecule has 0 aliphatic carbocycles. The number of hydrogen-bond donors (Lipinski definition) is 1. The van der Waals surface area contributed by atoms with Crippen molar-refractivity contribution in [3.05, 3.63) is 38.3 Å². The molecule has 0 fully saturated rings. The van der Waals surface area contributed by atoms with Gasteiger partial charge in [0.1, 0.15) is 6.54 Å². The minimum Gasteiger partial charge on any atom is -0.368 e. The van der Waals surface area contributed by atoms with E-state index < -0.39 is 23.7 Å². The van der Waals surface area contributed by atoms with Crippen molar-refractivity contribution >= 4 is 17.1 Å². The topological polar surface area (TPSA) is 123 Å². The molecule has 3 aromatic rings. The first kappa shape index (κ1) is 17.6. The van der Waals surface area contributed by atoms with Crippen LogP contribution in [0, 0.1) is 13.8 Å². The molecule has 10 heteroatoms. The number of primary amides is 1. The van der Waals surface area contributed by atoms with Crippen LogP contribution in [-0.2, 0) is 24.9 Å². The lowest BCUT2D eigenvalue weighted by molar-refractivity contribution is -0.118. The number of carbonyl (C=O) groups is 1. The zero-order chi connectivity index (χ0) is 19.2. The predicted octanol–water partition coefficient (Wildman–Crippen LogP) is -0.405. The summed E-state index contributed by atoms with van der Waals surface area (Å²) < 4.78 is 5.46. The monoisotopic (exact) mass is 359 g/mol. The second-order valence-electron chi connectivity index (χ2n) is 6.27. The van der Waals surface area contributed by atoms with E-state index in [4.69, 9.17) is 5.73 Å². The maximum Gasteiger partial charge on any atom is 0.332 e. The quantitative estimate of drug-likeness (QED) is 0.664. The van der Waals surface area contributed by atoms with E-state index in [9.17, 15) is 14.4 Å². The van der Waals surface area contributed by atoms with Gasteiger partial charge >= 0.3 is 5.69 Å². The van der Waals surface area contributed by atoms with Crippen LogP contribution in [0.4, 0.5) is 0 Å². The van der Waals surface area contributed by atoms with Crippen LogP contribution in [0.5, 0.6) is 0 Å². The Balaban J connectivity index is 2.44. The van der Waals surface area contributed by atoms with Crippen LogP contribution < -0.4 is 17.0 Å². The van der Waals surface area contributed by atoms with E-state index in [1.165, 1.54) is 11.6 Å². The highest BCUT2D eigenvalue weighted by Crippen LogP contribution is 2.17. The molecule has 0 aliphatic heterocycles. The molecular formula is C16H21N7O3. The molecule has 0 radical (unpaired) electrons. The number of imidazole rings is 1. The molecule has 138 valence electrons. The van der Waals surface area contributed by atoms with Crippen molar-refractivity contribution in [3.8, 4) is 5.95 Å². The molecule has 0 spiro atoms. The van der Waals surface area contributed by atoms with E-state index in [-0.39, 0.29) is 11.2 Å². The summed E-state index contributed by atoms with van der Waals surface area (Å²) in [7, 11) is 1.51. The number of nitrogens with two attached hydrogens (primary N) is 1. The summed E-state index contributed by atoms with van der Waals surface area (Å²) in [5, 5.41) is 4.43. The van der Waals surface area contributed by atoms with E-state index in [0.717, 1.165) is 22.4 Å². The highest BCUT2D eigenvalue weighted by atomic mass is 16.2. The molecule has 3 heterocycles. The molecule has 10 nitrogen and oxygen atoms in total. The van der Waals surface area contributed by atoms with Gasteiger partial charge in [0, 0.05) is 19.3 Å². The highest BCUT2D eigenvalue weighted by Gasteiger charge is 2.22. The summed E-state index contributed by atoms with van der Waals surface area (Å²) in [6.45, 7) is 5.76. The van der Waals surface area contributed by atoms with Crippen LogP contribution in [0.25, 0.3) is 17.1 Å². The molecule has 3 rings (SSSR count). The molecule has 0 atom stereocenters. The fourth-order valence-electron chi connectivity index (χ4n) is 3.08. The van der Waals surface area contributed by atoms with E-state index in [1.54, 1.807) is 9.25 Å². The Morgan fingerprint density at radius 3 is 2.46 bits per heavy atom. The predicted molar refractivity (Wildman–Crippen MR) is 95.3 cm³/mol. The number of nitrogens with zero attached hydrogens (tertiary/aromatic N) is 6. The molecular weight excluding hydrogens is 338 g/mol. The average molecular weight is 359 g/mol. The van der Waals surface area contributed by atoms with E-state index in [0.29, 0.717) is 12.5 Å². The standard InChI is InChI=1S/C16H21N7O3/c1-5-6-21-12-13(18-15(21)23-10(3)7-9(2)19-23)20(4)16(26)22(14(12)25)8-11(17)24/h7H,5-6,8H2,1-4H3,(H2,17,24). The average Bonchev–Trinajstić information content (AvgIpc) is 3.09. The number of fused-ring (bicyclic) bond motifs is 1. The lowest BCUT2D eigenvalue weighted by Gasteiger charge is -2.09. The Kier molecular flexibility index (Phi) is 4.26. The SMILES string of the molecule is CCCn1c(-n2nc(C)cc2C)nc2c1c(=O)n(CC(N)=O)c(=O)n2C. The largest absolute Gasteiger partial charge is 0.368 e. The second-order valence-corrected chi connectivity index (χ2v) is 6.27. The number of hydrogen-bond acceptors (Lipinski definition) is 5. The fourth-order valence-corrected chi connectivity index (χ4v) is 3.08. The van der Waals surface area contributed by atoms with Crippen LogP contribution in [0.15, 0.2) is 15.7 Å². The first-order valence-electron chi connectivity index (χ1n) is 8.28. The maximum atomic E-state index is 12.9. The molecule has 0 saturated carbocycles. The van der Waals surface area contributed by atoms with E-state index in [1.807, 2.05) is 26.8 Å². The lowest BCUT2D eigenvalue weighted by Crippen LogP contribution is -2.42. The minimum absolute atomic E-state index is 0.247. The fraction of sp³-hybridized carbons (Fsp3) is 0.438. The maximum absolute atomic E-state index is 12.9. The normalized spacial score (nSPS) is 11.4. The molecule has 26 heavy (non-hydrogen) atoms. The second kappa shape index (κ2) is 6.28. The number of amides is 1. The summed E-state index contributed by atoms with van der Waals surface area (Å²) in [6.07, 6.45) is 0.746. The molecule has 0 unspecified atom stereocenters. The van der Waals surface area contributed by atoms with Crippen molar-refractivity contribution in [1.82, 2.24) is 28.5 Å². The third-order valence-electron chi connectivity index (χ3n) is 4.17. The van der Waals surface area contributed by atoms with Gasteiger partial charge in [0.25, 0.3) is 5.56 Å². The van der Waals surface area contributed by atoms with Gasteiger partial charge in [0.2, 0.25) is 11.9 Å². The van der Waals surface area contributed by atoms with Crippen molar-refractivity contribution in [2.45, 2.75) is 40.3 Å². The molecule has 0 saturated heterocycles. The molecule has 2 N–H and O–H groups in total. The van der Waals surface area contributed by atoms with Gasteiger partial charge in [-0.05, 0) is 26.3 Å². The van der Waals surface area contributed by atoms with Gasteiger partial charge in [-0.15, -0.1) is 0 Å². The first-order valence-corrected chi connectivity index (χ1v) is 8.28. The molecule has 0 aliphatic rings. The van der Waals surface area contributed by atoms with Crippen LogP contribution in [-0.4, -0.2) is 34.4 Å². The van der Waals surface area contributed by atoms with Crippen molar-refractivity contribution in [3.63, 3.8) is 0 Å². The zero-order valence-corrected chi connectivity index (χ0v) is 15.2. The van der Waals surface area contributed by atoms with Gasteiger partial charge in [-0.2, -0.15) is 10.1 Å². The van der Waals surface area contributed by atoms with Gasteiger partial charge in [-0.25, -0.2) is 14.0 Å². The lowest BCUT2D eigenvalue weighted by atomic mass is 10.4. The summed E-state index contributed by atoms with van der Waals surface area (Å²) in [6, 6.07) is 1.90. The van der Waals surface area contributed by atoms with E-state index in [2.05, 4.69) is 10.1 Å². The Labute approximate surface area is 148 Å². The Morgan fingerprint density at radius 1 is 1.23 bits per heavy atom. The van der Waals surface area contributed by atoms with Crippen LogP contribution in [0.2, 0.25) is 0 Å². The smallest absolute Gasteiger partial charge is 0.332 e. The Morgan fingerprint density at radius 2 is 1.92 bits per heavy atom. The molecule has 1 amide bonds. The van der Waals surface area contributed by atoms with Gasteiger partial charge in [-0.3, -0.25) is 14.2 Å². The summed E-state index contributed by atoms with van der Waals surface area (Å²) in [5.41, 5.74) is 6.14. The van der Waals surface area contributed by atoms with Crippen LogP contribution in [0.3, 0.4) is 0 Å². The van der Waals surface area contributed by atoms with Crippen LogP contribution >= 0.6 is 0 Å². The van der Waals surface area contributed by atoms with Crippen molar-refractivity contribution < 1.29 is 4.79 Å². The van der Waals surface area contributed by atoms with Crippen molar-refractivity contribution in [1.29, 1.82) is 0 Å². The van der Waals surface area contributed by atoms with Crippen molar-refractivity contribution in [2.24, 2.45) is 12.8 Å². The van der Waals surface area contributed by atoms with Gasteiger partial charge in [0.05, 0.1) is 5.69 Å². The van der Waals surface area contributed by atoms with Gasteiger partial charge in [-0.1, -0.05) is 6.92 Å². The zero-order valence-electron chi connectivity index (χ0n) is 15.2. The number of aryl methyl sites for hydroxylation is 4. The van der Waals surface area contributed by atoms with Crippen LogP contribution in [0.1, 0.15) is 24.7 Å². The highest BCUT2D eigenvalue weighted by molar-refractivity contribution is 5.75. The van der Waals surface area contributed by atoms with E-state index >= 15 is 0 Å². The Hall–Kier alpha value is -3.17. The molecule has 3 aromatic heterocycles. The van der Waals surface area contributed by atoms with Crippen molar-refractivity contribution in [2.75, 3.05) is 0 Å². The Bertz CT molecular complexity index is 1130. The van der Waals surface area contributed by atoms with Gasteiger partial charge in [0.15, 0.2) is 11.2 Å².